The minimum Gasteiger partial charge on any atom is -0.383 e. The molecule has 9 nitrogen and oxygen atoms in total. The number of anilines is 2. The first-order valence-electron chi connectivity index (χ1n) is 10.8. The predicted molar refractivity (Wildman–Crippen MR) is 126 cm³/mol. The number of hydrogen-bond acceptors (Lipinski definition) is 7. The van der Waals surface area contributed by atoms with Crippen molar-refractivity contribution in [3.63, 3.8) is 0 Å². The lowest BCUT2D eigenvalue weighted by atomic mass is 10.1. The van der Waals surface area contributed by atoms with Crippen molar-refractivity contribution < 1.29 is 4.79 Å². The Labute approximate surface area is 194 Å². The number of benzene rings is 1. The minimum absolute atomic E-state index is 0.205. The highest BCUT2D eigenvalue weighted by molar-refractivity contribution is 6.34. The summed E-state index contributed by atoms with van der Waals surface area (Å²) in [5.41, 5.74) is 8.67. The van der Waals surface area contributed by atoms with Gasteiger partial charge in [0.25, 0.3) is 5.91 Å². The van der Waals surface area contributed by atoms with Crippen LogP contribution in [0.1, 0.15) is 29.2 Å². The quantitative estimate of drug-likeness (QED) is 0.426. The van der Waals surface area contributed by atoms with Gasteiger partial charge in [-0.15, -0.1) is 0 Å². The van der Waals surface area contributed by atoms with Gasteiger partial charge in [0.15, 0.2) is 5.65 Å². The van der Waals surface area contributed by atoms with E-state index in [1.54, 1.807) is 42.6 Å². The Morgan fingerprint density at radius 2 is 2.09 bits per heavy atom. The lowest BCUT2D eigenvalue weighted by Gasteiger charge is -2.23. The highest BCUT2D eigenvalue weighted by Crippen LogP contribution is 2.42. The van der Waals surface area contributed by atoms with Crippen molar-refractivity contribution in [2.24, 2.45) is 5.92 Å². The molecule has 1 amide bonds. The topological polar surface area (TPSA) is 124 Å². The monoisotopic (exact) mass is 460 g/mol. The molecule has 3 aromatic heterocycles. The zero-order valence-corrected chi connectivity index (χ0v) is 18.3. The summed E-state index contributed by atoms with van der Waals surface area (Å²) >= 11 is 6.66. The van der Waals surface area contributed by atoms with Gasteiger partial charge in [-0.25, -0.2) is 19.6 Å². The molecule has 0 unspecified atom stereocenters. The Morgan fingerprint density at radius 1 is 1.18 bits per heavy atom. The van der Waals surface area contributed by atoms with E-state index in [4.69, 9.17) is 22.4 Å². The van der Waals surface area contributed by atoms with Gasteiger partial charge in [-0.2, -0.15) is 5.10 Å². The number of piperidine rings is 1. The maximum absolute atomic E-state index is 12.7. The zero-order chi connectivity index (χ0) is 22.5. The summed E-state index contributed by atoms with van der Waals surface area (Å²) in [5, 5.41) is 12.3. The fourth-order valence-electron chi connectivity index (χ4n) is 4.98. The number of fused-ring (bicyclic) bond motifs is 3. The average molecular weight is 461 g/mol. The van der Waals surface area contributed by atoms with E-state index in [0.29, 0.717) is 56.5 Å². The number of carbonyl (C=O) groups is 1. The van der Waals surface area contributed by atoms with E-state index in [2.05, 4.69) is 25.6 Å². The van der Waals surface area contributed by atoms with Gasteiger partial charge in [-0.1, -0.05) is 23.7 Å². The molecule has 0 radical (unpaired) electrons. The molecule has 4 heterocycles. The molecule has 1 aliphatic carbocycles. The van der Waals surface area contributed by atoms with Crippen LogP contribution in [0.2, 0.25) is 5.02 Å². The van der Waals surface area contributed by atoms with Gasteiger partial charge in [-0.05, 0) is 49.6 Å². The number of hydrogen-bond donors (Lipinski definition) is 3. The van der Waals surface area contributed by atoms with Crippen LogP contribution in [-0.2, 0) is 0 Å². The van der Waals surface area contributed by atoms with Gasteiger partial charge in [0.1, 0.15) is 23.7 Å². The molecule has 2 aliphatic rings. The molecule has 1 saturated heterocycles. The first-order chi connectivity index (χ1) is 16.1. The van der Waals surface area contributed by atoms with Crippen LogP contribution in [0.4, 0.5) is 11.6 Å². The molecule has 1 aliphatic heterocycles. The average Bonchev–Trinajstić information content (AvgIpc) is 3.54. The van der Waals surface area contributed by atoms with Gasteiger partial charge < -0.3 is 16.4 Å². The highest BCUT2D eigenvalue weighted by Gasteiger charge is 2.42. The molecule has 1 aromatic carbocycles. The molecule has 10 heteroatoms. The molecule has 1 saturated carbocycles. The van der Waals surface area contributed by atoms with E-state index in [1.165, 1.54) is 6.33 Å². The van der Waals surface area contributed by atoms with Gasteiger partial charge in [0.05, 0.1) is 16.5 Å². The zero-order valence-electron chi connectivity index (χ0n) is 17.6. The second-order valence-electron chi connectivity index (χ2n) is 8.53. The van der Waals surface area contributed by atoms with E-state index in [-0.39, 0.29) is 11.9 Å². The van der Waals surface area contributed by atoms with Crippen LogP contribution in [0.3, 0.4) is 0 Å². The van der Waals surface area contributed by atoms with E-state index >= 15 is 0 Å². The molecule has 33 heavy (non-hydrogen) atoms. The van der Waals surface area contributed by atoms with E-state index in [9.17, 15) is 4.79 Å². The SMILES string of the molecule is Nc1ncnc2c1c(-c1ccc(C(=O)Nc3ccccn3)cc1Cl)nn2[C@@H]1C[C@@H]2CN[C@@H]1C2. The van der Waals surface area contributed by atoms with Crippen molar-refractivity contribution in [3.05, 3.63) is 59.5 Å². The Hall–Kier alpha value is -3.56. The normalized spacial score (nSPS) is 21.5. The summed E-state index contributed by atoms with van der Waals surface area (Å²) in [6, 6.07) is 11.0. The molecular weight excluding hydrogens is 440 g/mol. The van der Waals surface area contributed by atoms with Gasteiger partial charge in [-0.3, -0.25) is 4.79 Å². The number of halogens is 1. The Kier molecular flexibility index (Phi) is 4.74. The standard InChI is InChI=1S/C23H21ClN8O/c24-15-9-13(23(33)30-18-3-1-2-6-26-18)4-5-14(15)20-19-21(25)28-11-29-22(19)32(31-20)17-8-12-7-16(17)27-10-12/h1-6,9,11-12,16-17,27H,7-8,10H2,(H2,25,28,29)(H,26,30,33)/t12-,16-,17-/m1/s1. The van der Waals surface area contributed by atoms with E-state index in [1.807, 2.05) is 4.68 Å². The number of nitrogens with zero attached hydrogens (tertiary/aromatic N) is 5. The number of pyridine rings is 1. The van der Waals surface area contributed by atoms with E-state index in [0.717, 1.165) is 19.4 Å². The predicted octanol–water partition coefficient (Wildman–Crippen LogP) is 3.30. The minimum atomic E-state index is -0.298. The lowest BCUT2D eigenvalue weighted by Crippen LogP contribution is -2.35. The molecule has 2 fully saturated rings. The third kappa shape index (κ3) is 3.40. The molecule has 4 aromatic rings. The van der Waals surface area contributed by atoms with Crippen LogP contribution in [0, 0.1) is 5.92 Å². The number of nitrogens with two attached hydrogens (primary N) is 1. The van der Waals surface area contributed by atoms with Crippen LogP contribution in [0.15, 0.2) is 48.9 Å². The largest absolute Gasteiger partial charge is 0.383 e. The summed E-state index contributed by atoms with van der Waals surface area (Å²) in [7, 11) is 0. The van der Waals surface area contributed by atoms with Crippen molar-refractivity contribution in [1.82, 2.24) is 30.0 Å². The van der Waals surface area contributed by atoms with Crippen LogP contribution in [-0.4, -0.2) is 43.2 Å². The van der Waals surface area contributed by atoms with Crippen molar-refractivity contribution in [2.75, 3.05) is 17.6 Å². The van der Waals surface area contributed by atoms with Crippen LogP contribution < -0.4 is 16.4 Å². The summed E-state index contributed by atoms with van der Waals surface area (Å²) in [5.74, 6) is 1.18. The number of nitrogen functional groups attached to an aromatic ring is 1. The number of amides is 1. The maximum atomic E-state index is 12.7. The third-order valence-electron chi connectivity index (χ3n) is 6.52. The Balaban J connectivity index is 1.39. The van der Waals surface area contributed by atoms with Crippen molar-refractivity contribution in [2.45, 2.75) is 24.9 Å². The fraction of sp³-hybridized carbons (Fsp3) is 0.261. The molecule has 4 N–H and O–H groups in total. The molecule has 3 atom stereocenters. The molecule has 166 valence electrons. The number of rotatable bonds is 4. The smallest absolute Gasteiger partial charge is 0.256 e. The molecule has 6 rings (SSSR count). The Morgan fingerprint density at radius 3 is 2.82 bits per heavy atom. The van der Waals surface area contributed by atoms with Gasteiger partial charge >= 0.3 is 0 Å². The summed E-state index contributed by atoms with van der Waals surface area (Å²) in [4.78, 5) is 25.5. The van der Waals surface area contributed by atoms with Crippen molar-refractivity contribution in [3.8, 4) is 11.3 Å². The fourth-order valence-corrected chi connectivity index (χ4v) is 5.25. The second kappa shape index (κ2) is 7.79. The number of aromatic nitrogens is 5. The molecule has 0 spiro atoms. The number of nitrogens with one attached hydrogen (secondary N) is 2. The second-order valence-corrected chi connectivity index (χ2v) is 8.94. The van der Waals surface area contributed by atoms with Crippen LogP contribution >= 0.6 is 11.6 Å². The molecule has 2 bridgehead atoms. The first kappa shape index (κ1) is 20.1. The highest BCUT2D eigenvalue weighted by atomic mass is 35.5. The number of carbonyl (C=O) groups excluding carboxylic acids is 1. The first-order valence-corrected chi connectivity index (χ1v) is 11.2. The third-order valence-corrected chi connectivity index (χ3v) is 6.83. The van der Waals surface area contributed by atoms with Crippen molar-refractivity contribution >= 4 is 40.2 Å². The Bertz CT molecular complexity index is 1370. The van der Waals surface area contributed by atoms with Crippen LogP contribution in [0.25, 0.3) is 22.3 Å². The summed E-state index contributed by atoms with van der Waals surface area (Å²) in [6.45, 7) is 1.05. The van der Waals surface area contributed by atoms with E-state index < -0.39 is 0 Å². The summed E-state index contributed by atoms with van der Waals surface area (Å²) < 4.78 is 1.97. The maximum Gasteiger partial charge on any atom is 0.256 e. The van der Waals surface area contributed by atoms with Crippen molar-refractivity contribution in [1.29, 1.82) is 0 Å². The lowest BCUT2D eigenvalue weighted by molar-refractivity contribution is 0.102. The van der Waals surface area contributed by atoms with Crippen LogP contribution in [0.5, 0.6) is 0 Å². The molecular formula is C23H21ClN8O. The van der Waals surface area contributed by atoms with Gasteiger partial charge in [0, 0.05) is 23.4 Å². The van der Waals surface area contributed by atoms with Gasteiger partial charge in [0.2, 0.25) is 0 Å². The summed E-state index contributed by atoms with van der Waals surface area (Å²) in [6.07, 6.45) is 5.28.